The van der Waals surface area contributed by atoms with E-state index in [2.05, 4.69) is 20.3 Å². The molecule has 1 aliphatic rings. The molecule has 0 radical (unpaired) electrons. The number of aromatic nitrogens is 2. The first kappa shape index (κ1) is 19.2. The second-order valence-electron chi connectivity index (χ2n) is 6.00. The normalized spacial score (nSPS) is 15.2. The van der Waals surface area contributed by atoms with E-state index in [1.807, 2.05) is 0 Å². The topological polar surface area (TPSA) is 56.3 Å². The van der Waals surface area contributed by atoms with E-state index in [1.165, 1.54) is 45.3 Å². The van der Waals surface area contributed by atoms with Crippen LogP contribution >= 0.6 is 23.1 Å². The van der Waals surface area contributed by atoms with Crippen LogP contribution in [-0.4, -0.2) is 30.0 Å². The van der Waals surface area contributed by atoms with Crippen LogP contribution in [0.1, 0.15) is 37.7 Å². The molecule has 26 heavy (non-hydrogen) atoms. The first-order chi connectivity index (χ1) is 12.6. The number of rotatable bonds is 8. The van der Waals surface area contributed by atoms with Crippen LogP contribution in [0.25, 0.3) is 0 Å². The Morgan fingerprint density at radius 3 is 2.77 bits per heavy atom. The monoisotopic (exact) mass is 401 g/mol. The second-order valence-corrected chi connectivity index (χ2v) is 8.20. The molecule has 142 valence electrons. The van der Waals surface area contributed by atoms with Gasteiger partial charge in [-0.2, -0.15) is 8.78 Å². The molecule has 0 unspecified atom stereocenters. The van der Waals surface area contributed by atoms with Gasteiger partial charge in [0, 0.05) is 11.8 Å². The lowest BCUT2D eigenvalue weighted by Crippen LogP contribution is -2.21. The van der Waals surface area contributed by atoms with Crippen LogP contribution in [-0.2, 0) is 5.75 Å². The fourth-order valence-electron chi connectivity index (χ4n) is 2.89. The number of anilines is 1. The molecular formula is C17H21F2N3O2S2. The number of alkyl halides is 2. The number of ether oxygens (including phenoxy) is 2. The number of hydrogen-bond donors (Lipinski definition) is 1. The molecule has 0 bridgehead atoms. The molecule has 0 amide bonds. The lowest BCUT2D eigenvalue weighted by atomic mass is 9.96. The zero-order valence-electron chi connectivity index (χ0n) is 14.4. The molecule has 1 fully saturated rings. The van der Waals surface area contributed by atoms with E-state index >= 15 is 0 Å². The van der Waals surface area contributed by atoms with Crippen LogP contribution < -0.4 is 14.8 Å². The van der Waals surface area contributed by atoms with E-state index in [-0.39, 0.29) is 5.75 Å². The van der Waals surface area contributed by atoms with E-state index in [4.69, 9.17) is 4.74 Å². The molecule has 3 rings (SSSR count). The average molecular weight is 402 g/mol. The molecule has 9 heteroatoms. The van der Waals surface area contributed by atoms with Crippen molar-refractivity contribution in [2.24, 2.45) is 0 Å². The number of benzene rings is 1. The molecule has 1 aromatic carbocycles. The van der Waals surface area contributed by atoms with Crippen LogP contribution in [0, 0.1) is 0 Å². The molecule has 1 heterocycles. The van der Waals surface area contributed by atoms with Crippen molar-refractivity contribution < 1.29 is 18.3 Å². The van der Waals surface area contributed by atoms with Gasteiger partial charge < -0.3 is 14.8 Å². The molecular weight excluding hydrogens is 380 g/mol. The number of hydrogen-bond acceptors (Lipinski definition) is 7. The number of methoxy groups -OCH3 is 1. The largest absolute Gasteiger partial charge is 0.493 e. The highest BCUT2D eigenvalue weighted by Gasteiger charge is 2.16. The summed E-state index contributed by atoms with van der Waals surface area (Å²) in [5.41, 5.74) is 0.936. The van der Waals surface area contributed by atoms with Gasteiger partial charge in [0.15, 0.2) is 15.8 Å². The lowest BCUT2D eigenvalue weighted by molar-refractivity contribution is -0.0512. The van der Waals surface area contributed by atoms with Gasteiger partial charge in [0.25, 0.3) is 0 Å². The van der Waals surface area contributed by atoms with Gasteiger partial charge in [-0.25, -0.2) is 0 Å². The molecule has 0 aliphatic heterocycles. The van der Waals surface area contributed by atoms with Crippen molar-refractivity contribution in [2.45, 2.75) is 54.8 Å². The molecule has 0 atom stereocenters. The van der Waals surface area contributed by atoms with Crippen LogP contribution in [0.2, 0.25) is 0 Å². The number of nitrogens with zero attached hydrogens (tertiary/aromatic N) is 2. The quantitative estimate of drug-likeness (QED) is 0.615. The number of halogens is 2. The van der Waals surface area contributed by atoms with Gasteiger partial charge in [-0.1, -0.05) is 48.4 Å². The van der Waals surface area contributed by atoms with Gasteiger partial charge in [-0.3, -0.25) is 0 Å². The Morgan fingerprint density at radius 1 is 1.23 bits per heavy atom. The average Bonchev–Trinajstić information content (AvgIpc) is 3.08. The van der Waals surface area contributed by atoms with Crippen LogP contribution in [0.15, 0.2) is 22.5 Å². The first-order valence-electron chi connectivity index (χ1n) is 8.48. The summed E-state index contributed by atoms with van der Waals surface area (Å²) in [6.07, 6.45) is 6.24. The van der Waals surface area contributed by atoms with Crippen molar-refractivity contribution in [1.82, 2.24) is 10.2 Å². The summed E-state index contributed by atoms with van der Waals surface area (Å²) in [7, 11) is 1.43. The molecule has 1 N–H and O–H groups in total. The SMILES string of the molecule is COc1cc(CSc2nnc(NC3CCCCC3)s2)ccc1OC(F)F. The fraction of sp³-hybridized carbons (Fsp3) is 0.529. The summed E-state index contributed by atoms with van der Waals surface area (Å²) in [5, 5.41) is 12.7. The van der Waals surface area contributed by atoms with Crippen molar-refractivity contribution in [1.29, 1.82) is 0 Å². The fourth-order valence-corrected chi connectivity index (χ4v) is 4.66. The van der Waals surface area contributed by atoms with Gasteiger partial charge >= 0.3 is 6.61 Å². The Kier molecular flexibility index (Phi) is 6.90. The van der Waals surface area contributed by atoms with E-state index in [0.29, 0.717) is 17.5 Å². The van der Waals surface area contributed by atoms with Gasteiger partial charge in [0.05, 0.1) is 7.11 Å². The van der Waals surface area contributed by atoms with E-state index in [0.717, 1.165) is 15.0 Å². The summed E-state index contributed by atoms with van der Waals surface area (Å²) in [6, 6.07) is 5.44. The number of thioether (sulfide) groups is 1. The standard InChI is InChI=1S/C17H21F2N3O2S2/c1-23-14-9-11(7-8-13(14)24-15(18)19)10-25-17-22-21-16(26-17)20-12-5-3-2-4-6-12/h7-9,12,15H,2-6,10H2,1H3,(H,20,21). The zero-order valence-corrected chi connectivity index (χ0v) is 16.0. The minimum absolute atomic E-state index is 0.0335. The maximum atomic E-state index is 12.4. The molecule has 5 nitrogen and oxygen atoms in total. The Balaban J connectivity index is 1.55. The highest BCUT2D eigenvalue weighted by atomic mass is 32.2. The van der Waals surface area contributed by atoms with Gasteiger partial charge in [0.2, 0.25) is 5.13 Å². The molecule has 2 aromatic rings. The predicted molar refractivity (Wildman–Crippen MR) is 99.6 cm³/mol. The maximum Gasteiger partial charge on any atom is 0.387 e. The van der Waals surface area contributed by atoms with Gasteiger partial charge in [-0.15, -0.1) is 10.2 Å². The van der Waals surface area contributed by atoms with E-state index in [9.17, 15) is 8.78 Å². The second kappa shape index (κ2) is 9.36. The minimum atomic E-state index is -2.87. The molecule has 0 saturated heterocycles. The van der Waals surface area contributed by atoms with Crippen LogP contribution in [0.4, 0.5) is 13.9 Å². The van der Waals surface area contributed by atoms with Crippen molar-refractivity contribution in [3.8, 4) is 11.5 Å². The third kappa shape index (κ3) is 5.44. The molecule has 1 aromatic heterocycles. The summed E-state index contributed by atoms with van der Waals surface area (Å²) in [5.74, 6) is 0.968. The van der Waals surface area contributed by atoms with Crippen molar-refractivity contribution in [3.05, 3.63) is 23.8 Å². The summed E-state index contributed by atoms with van der Waals surface area (Å²) in [6.45, 7) is -2.87. The van der Waals surface area contributed by atoms with Crippen molar-refractivity contribution in [3.63, 3.8) is 0 Å². The molecule has 1 saturated carbocycles. The van der Waals surface area contributed by atoms with Crippen LogP contribution in [0.3, 0.4) is 0 Å². The Morgan fingerprint density at radius 2 is 2.04 bits per heavy atom. The molecule has 1 aliphatic carbocycles. The summed E-state index contributed by atoms with van der Waals surface area (Å²) < 4.78 is 35.2. The summed E-state index contributed by atoms with van der Waals surface area (Å²) >= 11 is 3.10. The highest BCUT2D eigenvalue weighted by molar-refractivity contribution is 8.00. The smallest absolute Gasteiger partial charge is 0.387 e. The van der Waals surface area contributed by atoms with E-state index in [1.54, 1.807) is 35.2 Å². The Hall–Kier alpha value is -1.61. The Bertz CT molecular complexity index is 709. The number of nitrogens with one attached hydrogen (secondary N) is 1. The van der Waals surface area contributed by atoms with Gasteiger partial charge in [-0.05, 0) is 30.5 Å². The molecule has 0 spiro atoms. The van der Waals surface area contributed by atoms with Gasteiger partial charge in [0.1, 0.15) is 0 Å². The highest BCUT2D eigenvalue weighted by Crippen LogP contribution is 2.34. The minimum Gasteiger partial charge on any atom is -0.493 e. The Labute approximate surface area is 159 Å². The summed E-state index contributed by atoms with van der Waals surface area (Å²) in [4.78, 5) is 0. The first-order valence-corrected chi connectivity index (χ1v) is 10.3. The van der Waals surface area contributed by atoms with E-state index < -0.39 is 6.61 Å². The lowest BCUT2D eigenvalue weighted by Gasteiger charge is -2.21. The third-order valence-corrected chi connectivity index (χ3v) is 6.20. The third-order valence-electron chi connectivity index (χ3n) is 4.15. The van der Waals surface area contributed by atoms with Crippen molar-refractivity contribution >= 4 is 28.2 Å². The predicted octanol–water partition coefficient (Wildman–Crippen LogP) is 5.19. The maximum absolute atomic E-state index is 12.4. The van der Waals surface area contributed by atoms with Crippen molar-refractivity contribution in [2.75, 3.05) is 12.4 Å². The zero-order chi connectivity index (χ0) is 18.4. The van der Waals surface area contributed by atoms with Crippen LogP contribution in [0.5, 0.6) is 11.5 Å².